The van der Waals surface area contributed by atoms with Gasteiger partial charge in [-0.3, -0.25) is 4.79 Å². The third-order valence-corrected chi connectivity index (χ3v) is 4.81. The van der Waals surface area contributed by atoms with Crippen molar-refractivity contribution in [1.29, 1.82) is 0 Å². The summed E-state index contributed by atoms with van der Waals surface area (Å²) in [6, 6.07) is 10.6. The van der Waals surface area contributed by atoms with E-state index in [2.05, 4.69) is 10.5 Å². The number of fused-ring (bicyclic) bond motifs is 3. The zero-order valence-corrected chi connectivity index (χ0v) is 14.6. The number of hydrogen-bond donors (Lipinski definition) is 2. The molecule has 5 nitrogen and oxygen atoms in total. The first-order valence-corrected chi connectivity index (χ1v) is 8.80. The molecule has 0 saturated heterocycles. The summed E-state index contributed by atoms with van der Waals surface area (Å²) in [5.74, 6) is 0.831. The Morgan fingerprint density at radius 1 is 1.15 bits per heavy atom. The molecule has 2 aromatic carbocycles. The molecule has 1 aliphatic carbocycles. The molecule has 3 aromatic rings. The molecule has 132 valence electrons. The van der Waals surface area contributed by atoms with Gasteiger partial charge in [-0.05, 0) is 50.5 Å². The fourth-order valence-corrected chi connectivity index (χ4v) is 3.43. The average Bonchev–Trinajstić information content (AvgIpc) is 3.03. The second kappa shape index (κ2) is 6.67. The molecule has 1 heterocycles. The van der Waals surface area contributed by atoms with Crippen molar-refractivity contribution in [3.8, 4) is 5.75 Å². The van der Waals surface area contributed by atoms with Crippen LogP contribution in [0.5, 0.6) is 5.75 Å². The average molecular weight is 348 g/mol. The van der Waals surface area contributed by atoms with Crippen LogP contribution in [0.25, 0.3) is 11.0 Å². The topological polar surface area (TPSA) is 74.8 Å². The Bertz CT molecular complexity index is 1000. The minimum atomic E-state index is -0.290. The monoisotopic (exact) mass is 348 g/mol. The zero-order chi connectivity index (χ0) is 18.1. The Labute approximate surface area is 151 Å². The summed E-state index contributed by atoms with van der Waals surface area (Å²) in [5.41, 5.74) is 6.63. The van der Waals surface area contributed by atoms with Crippen LogP contribution in [-0.2, 0) is 12.8 Å². The van der Waals surface area contributed by atoms with Crippen LogP contribution in [0.2, 0.25) is 0 Å². The van der Waals surface area contributed by atoms with Gasteiger partial charge in [0, 0.05) is 28.5 Å². The third kappa shape index (κ3) is 2.96. The Hall–Kier alpha value is -3.08. The minimum Gasteiger partial charge on any atom is -0.507 e. The van der Waals surface area contributed by atoms with E-state index in [1.165, 1.54) is 6.21 Å². The van der Waals surface area contributed by atoms with Crippen molar-refractivity contribution in [3.05, 3.63) is 64.4 Å². The van der Waals surface area contributed by atoms with E-state index < -0.39 is 0 Å². The van der Waals surface area contributed by atoms with Gasteiger partial charge in [-0.2, -0.15) is 5.10 Å². The molecule has 1 amide bonds. The first-order valence-electron chi connectivity index (χ1n) is 8.80. The molecule has 1 aliphatic rings. The maximum absolute atomic E-state index is 12.2. The van der Waals surface area contributed by atoms with Crippen LogP contribution in [0.3, 0.4) is 0 Å². The van der Waals surface area contributed by atoms with Crippen molar-refractivity contribution in [2.24, 2.45) is 5.10 Å². The van der Waals surface area contributed by atoms with Gasteiger partial charge in [0.2, 0.25) is 0 Å². The van der Waals surface area contributed by atoms with Crippen molar-refractivity contribution >= 4 is 23.1 Å². The van der Waals surface area contributed by atoms with Crippen LogP contribution in [0.15, 0.2) is 45.9 Å². The molecule has 0 fully saturated rings. The largest absolute Gasteiger partial charge is 0.507 e. The predicted octanol–water partition coefficient (Wildman–Crippen LogP) is 4.09. The molecule has 5 heteroatoms. The first-order chi connectivity index (χ1) is 12.6. The van der Waals surface area contributed by atoms with Crippen LogP contribution in [-0.4, -0.2) is 17.2 Å². The molecular weight excluding hydrogens is 328 g/mol. The van der Waals surface area contributed by atoms with Gasteiger partial charge in [0.1, 0.15) is 17.1 Å². The lowest BCUT2D eigenvalue weighted by molar-refractivity contribution is 0.0955. The lowest BCUT2D eigenvalue weighted by Gasteiger charge is -2.09. The summed E-state index contributed by atoms with van der Waals surface area (Å²) in [6.45, 7) is 1.97. The summed E-state index contributed by atoms with van der Waals surface area (Å²) in [5, 5.41) is 15.2. The van der Waals surface area contributed by atoms with Gasteiger partial charge >= 0.3 is 0 Å². The van der Waals surface area contributed by atoms with Crippen molar-refractivity contribution in [2.45, 2.75) is 32.6 Å². The number of aryl methyl sites for hydroxylation is 3. The fourth-order valence-electron chi connectivity index (χ4n) is 3.43. The number of amides is 1. The van der Waals surface area contributed by atoms with Gasteiger partial charge in [-0.15, -0.1) is 0 Å². The molecule has 0 unspecified atom stereocenters. The molecule has 4 rings (SSSR count). The SMILES string of the molecule is Cc1ccc(C(=O)NN=Cc2c(O)ccc3oc4c(c23)CCCC4)cc1. The maximum atomic E-state index is 12.2. The minimum absolute atomic E-state index is 0.125. The number of hydrazone groups is 1. The van der Waals surface area contributed by atoms with E-state index >= 15 is 0 Å². The molecule has 0 atom stereocenters. The summed E-state index contributed by atoms with van der Waals surface area (Å²) >= 11 is 0. The standard InChI is InChI=1S/C21H20N2O3/c1-13-6-8-14(9-7-13)21(25)23-22-12-16-17(24)10-11-19-20(16)15-4-2-3-5-18(15)26-19/h6-12,24H,2-5H2,1H3,(H,23,25). The van der Waals surface area contributed by atoms with E-state index in [0.29, 0.717) is 11.1 Å². The Balaban J connectivity index is 1.63. The van der Waals surface area contributed by atoms with Gasteiger partial charge in [0.05, 0.1) is 6.21 Å². The number of carbonyl (C=O) groups is 1. The number of nitrogens with zero attached hydrogens (tertiary/aromatic N) is 1. The number of rotatable bonds is 3. The molecule has 26 heavy (non-hydrogen) atoms. The highest BCUT2D eigenvalue weighted by atomic mass is 16.3. The maximum Gasteiger partial charge on any atom is 0.271 e. The lowest BCUT2D eigenvalue weighted by Crippen LogP contribution is -2.17. The zero-order valence-electron chi connectivity index (χ0n) is 14.6. The smallest absolute Gasteiger partial charge is 0.271 e. The second-order valence-corrected chi connectivity index (χ2v) is 6.65. The lowest BCUT2D eigenvalue weighted by atomic mass is 9.94. The highest BCUT2D eigenvalue weighted by Crippen LogP contribution is 2.36. The van der Waals surface area contributed by atoms with E-state index in [4.69, 9.17) is 4.42 Å². The van der Waals surface area contributed by atoms with Gasteiger partial charge in [0.15, 0.2) is 0 Å². The number of phenolic OH excluding ortho intramolecular Hbond substituents is 1. The summed E-state index contributed by atoms with van der Waals surface area (Å²) in [4.78, 5) is 12.2. The highest BCUT2D eigenvalue weighted by molar-refractivity contribution is 6.03. The Kier molecular flexibility index (Phi) is 4.21. The molecule has 1 aromatic heterocycles. The fraction of sp³-hybridized carbons (Fsp3) is 0.238. The molecule has 0 spiro atoms. The molecule has 2 N–H and O–H groups in total. The Morgan fingerprint density at radius 2 is 1.92 bits per heavy atom. The van der Waals surface area contributed by atoms with Gasteiger partial charge in [-0.25, -0.2) is 5.43 Å². The molecule has 0 bridgehead atoms. The highest BCUT2D eigenvalue weighted by Gasteiger charge is 2.21. The summed E-state index contributed by atoms with van der Waals surface area (Å²) in [7, 11) is 0. The van der Waals surface area contributed by atoms with E-state index in [1.54, 1.807) is 24.3 Å². The molecular formula is C21H20N2O3. The predicted molar refractivity (Wildman–Crippen MR) is 101 cm³/mol. The van der Waals surface area contributed by atoms with Crippen molar-refractivity contribution in [1.82, 2.24) is 5.43 Å². The van der Waals surface area contributed by atoms with E-state index in [0.717, 1.165) is 53.5 Å². The van der Waals surface area contributed by atoms with E-state index in [-0.39, 0.29) is 11.7 Å². The number of nitrogens with one attached hydrogen (secondary N) is 1. The quantitative estimate of drug-likeness (QED) is 0.553. The number of carbonyl (C=O) groups excluding carboxylic acids is 1. The van der Waals surface area contributed by atoms with Crippen LogP contribution in [0, 0.1) is 6.92 Å². The van der Waals surface area contributed by atoms with Gasteiger partial charge in [-0.1, -0.05) is 17.7 Å². The summed E-state index contributed by atoms with van der Waals surface area (Å²) < 4.78 is 5.93. The van der Waals surface area contributed by atoms with Crippen LogP contribution in [0.4, 0.5) is 0 Å². The van der Waals surface area contributed by atoms with Crippen LogP contribution >= 0.6 is 0 Å². The summed E-state index contributed by atoms with van der Waals surface area (Å²) in [6.07, 6.45) is 5.58. The van der Waals surface area contributed by atoms with Crippen molar-refractivity contribution in [3.63, 3.8) is 0 Å². The molecule has 0 saturated carbocycles. The second-order valence-electron chi connectivity index (χ2n) is 6.65. The van der Waals surface area contributed by atoms with Crippen molar-refractivity contribution < 1.29 is 14.3 Å². The van der Waals surface area contributed by atoms with Crippen LogP contribution in [0.1, 0.15) is 45.7 Å². The molecule has 0 radical (unpaired) electrons. The normalized spacial score (nSPS) is 13.9. The number of phenols is 1. The van der Waals surface area contributed by atoms with Crippen LogP contribution < -0.4 is 5.43 Å². The number of furan rings is 1. The van der Waals surface area contributed by atoms with E-state index in [9.17, 15) is 9.90 Å². The number of aromatic hydroxyl groups is 1. The van der Waals surface area contributed by atoms with Crippen molar-refractivity contribution in [2.75, 3.05) is 0 Å². The van der Waals surface area contributed by atoms with Gasteiger partial charge in [0.25, 0.3) is 5.91 Å². The molecule has 0 aliphatic heterocycles. The Morgan fingerprint density at radius 3 is 2.73 bits per heavy atom. The number of benzene rings is 2. The first kappa shape index (κ1) is 16.4. The van der Waals surface area contributed by atoms with Gasteiger partial charge < -0.3 is 9.52 Å². The van der Waals surface area contributed by atoms with E-state index in [1.807, 2.05) is 19.1 Å². The third-order valence-electron chi connectivity index (χ3n) is 4.81. The number of hydrogen-bond acceptors (Lipinski definition) is 4.